The first-order valence-corrected chi connectivity index (χ1v) is 10.5. The number of carbonyl (C=O) groups excluding carboxylic acids is 2. The first-order valence-electron chi connectivity index (χ1n) is 10.5. The van der Waals surface area contributed by atoms with Gasteiger partial charge in [-0.1, -0.05) is 29.8 Å². The number of aryl methyl sites for hydroxylation is 1. The Morgan fingerprint density at radius 1 is 1.19 bits per heavy atom. The van der Waals surface area contributed by atoms with E-state index in [1.165, 1.54) is 24.1 Å². The first kappa shape index (κ1) is 23.5. The molecule has 0 radical (unpaired) electrons. The number of methoxy groups -OCH3 is 1. The third-order valence-corrected chi connectivity index (χ3v) is 5.31. The Kier molecular flexibility index (Phi) is 7.30. The van der Waals surface area contributed by atoms with E-state index in [1.54, 1.807) is 6.07 Å². The van der Waals surface area contributed by atoms with Crippen LogP contribution in [0.1, 0.15) is 43.0 Å². The highest BCUT2D eigenvalue weighted by atomic mass is 19.1. The summed E-state index contributed by atoms with van der Waals surface area (Å²) >= 11 is 0. The van der Waals surface area contributed by atoms with Crippen molar-refractivity contribution < 1.29 is 28.6 Å². The number of benzene rings is 2. The third kappa shape index (κ3) is 4.83. The number of hydrogen-bond acceptors (Lipinski definition) is 5. The van der Waals surface area contributed by atoms with E-state index < -0.39 is 29.3 Å². The molecule has 0 saturated carbocycles. The number of aliphatic hydroxyl groups excluding tert-OH is 1. The van der Waals surface area contributed by atoms with Crippen LogP contribution in [0.25, 0.3) is 5.76 Å². The number of carbonyl (C=O) groups is 2. The van der Waals surface area contributed by atoms with Crippen LogP contribution in [0.5, 0.6) is 5.75 Å². The second kappa shape index (κ2) is 9.96. The number of Topliss-reactive ketones (excluding diaryl/α,β-unsaturated/α-hetero) is 1. The highest BCUT2D eigenvalue weighted by Crippen LogP contribution is 2.41. The fraction of sp³-hybridized carbons (Fsp3) is 0.360. The van der Waals surface area contributed by atoms with E-state index in [2.05, 4.69) is 0 Å². The fourth-order valence-electron chi connectivity index (χ4n) is 3.86. The number of rotatable bonds is 8. The minimum atomic E-state index is -0.815. The van der Waals surface area contributed by atoms with E-state index in [0.717, 1.165) is 11.6 Å². The number of likely N-dealkylation sites (tertiary alicyclic amines) is 1. The van der Waals surface area contributed by atoms with Crippen LogP contribution in [0.2, 0.25) is 0 Å². The molecule has 2 aromatic carbocycles. The lowest BCUT2D eigenvalue weighted by molar-refractivity contribution is -0.140. The number of nitrogens with zero attached hydrogens (tertiary/aromatic N) is 1. The van der Waals surface area contributed by atoms with E-state index in [9.17, 15) is 19.1 Å². The summed E-state index contributed by atoms with van der Waals surface area (Å²) in [5, 5.41) is 11.1. The largest absolute Gasteiger partial charge is 0.507 e. The maximum Gasteiger partial charge on any atom is 0.295 e. The maximum absolute atomic E-state index is 14.0. The first-order chi connectivity index (χ1) is 15.2. The van der Waals surface area contributed by atoms with Gasteiger partial charge in [0.05, 0.1) is 30.4 Å². The zero-order chi connectivity index (χ0) is 23.4. The molecule has 1 heterocycles. The summed E-state index contributed by atoms with van der Waals surface area (Å²) in [4.78, 5) is 27.4. The van der Waals surface area contributed by atoms with Crippen molar-refractivity contribution in [1.29, 1.82) is 0 Å². The van der Waals surface area contributed by atoms with Crippen molar-refractivity contribution in [2.24, 2.45) is 0 Å². The van der Waals surface area contributed by atoms with E-state index >= 15 is 0 Å². The number of ether oxygens (including phenoxy) is 2. The van der Waals surface area contributed by atoms with E-state index in [-0.39, 0.29) is 29.5 Å². The molecule has 1 unspecified atom stereocenters. The molecular weight excluding hydrogens is 413 g/mol. The smallest absolute Gasteiger partial charge is 0.295 e. The molecule has 2 aromatic rings. The Morgan fingerprint density at radius 3 is 2.59 bits per heavy atom. The molecule has 0 aliphatic carbocycles. The Bertz CT molecular complexity index is 1050. The molecule has 1 saturated heterocycles. The van der Waals surface area contributed by atoms with Gasteiger partial charge in [-0.05, 0) is 51.0 Å². The molecule has 6 nitrogen and oxygen atoms in total. The van der Waals surface area contributed by atoms with Crippen molar-refractivity contribution in [3.8, 4) is 5.75 Å². The Morgan fingerprint density at radius 2 is 1.94 bits per heavy atom. The average molecular weight is 441 g/mol. The highest BCUT2D eigenvalue weighted by molar-refractivity contribution is 6.46. The van der Waals surface area contributed by atoms with E-state index in [1.807, 2.05) is 39.0 Å². The van der Waals surface area contributed by atoms with Gasteiger partial charge in [0, 0.05) is 13.2 Å². The van der Waals surface area contributed by atoms with Crippen LogP contribution in [-0.2, 0) is 14.3 Å². The Hall–Kier alpha value is -3.19. The molecule has 1 aliphatic rings. The lowest BCUT2D eigenvalue weighted by atomic mass is 9.94. The van der Waals surface area contributed by atoms with Crippen LogP contribution in [-0.4, -0.2) is 48.1 Å². The number of ketones is 1. The van der Waals surface area contributed by atoms with Crippen molar-refractivity contribution in [1.82, 2.24) is 4.90 Å². The standard InChI is InChI=1S/C25H28FNO5/c1-15(2)32-12-6-11-27-22(17-8-5-7-16(3)13-17)21(24(29)25(27)30)23(28)19-14-18(26)9-10-20(19)31-4/h5,7-10,13-15,22,28H,6,11-12H2,1-4H3/b23-21+. The molecule has 1 N–H and O–H groups in total. The number of halogens is 1. The van der Waals surface area contributed by atoms with Crippen LogP contribution in [0.3, 0.4) is 0 Å². The lowest BCUT2D eigenvalue weighted by Crippen LogP contribution is -2.31. The second-order valence-corrected chi connectivity index (χ2v) is 8.02. The summed E-state index contributed by atoms with van der Waals surface area (Å²) in [6, 6.07) is 10.2. The summed E-state index contributed by atoms with van der Waals surface area (Å²) in [7, 11) is 1.38. The van der Waals surface area contributed by atoms with Crippen LogP contribution < -0.4 is 4.74 Å². The van der Waals surface area contributed by atoms with E-state index in [0.29, 0.717) is 18.6 Å². The van der Waals surface area contributed by atoms with Crippen molar-refractivity contribution in [3.63, 3.8) is 0 Å². The minimum absolute atomic E-state index is 0.0197. The zero-order valence-corrected chi connectivity index (χ0v) is 18.7. The predicted molar refractivity (Wildman–Crippen MR) is 119 cm³/mol. The highest BCUT2D eigenvalue weighted by Gasteiger charge is 2.46. The summed E-state index contributed by atoms with van der Waals surface area (Å²) in [6.45, 7) is 6.45. The van der Waals surface area contributed by atoms with Gasteiger partial charge in [-0.25, -0.2) is 4.39 Å². The molecule has 1 amide bonds. The molecule has 7 heteroatoms. The lowest BCUT2D eigenvalue weighted by Gasteiger charge is -2.26. The van der Waals surface area contributed by atoms with Gasteiger partial charge < -0.3 is 19.5 Å². The molecule has 3 rings (SSSR count). The van der Waals surface area contributed by atoms with Crippen molar-refractivity contribution >= 4 is 17.4 Å². The quantitative estimate of drug-likeness (QED) is 0.285. The minimum Gasteiger partial charge on any atom is -0.507 e. The summed E-state index contributed by atoms with van der Waals surface area (Å²) in [5.41, 5.74) is 1.56. The molecule has 170 valence electrons. The Balaban J connectivity index is 2.11. The maximum atomic E-state index is 14.0. The Labute approximate surface area is 187 Å². The van der Waals surface area contributed by atoms with Crippen molar-refractivity contribution in [2.45, 2.75) is 39.3 Å². The predicted octanol–water partition coefficient (Wildman–Crippen LogP) is 4.38. The number of hydrogen-bond donors (Lipinski definition) is 1. The van der Waals surface area contributed by atoms with Crippen LogP contribution in [0.15, 0.2) is 48.0 Å². The molecule has 0 spiro atoms. The molecule has 1 aliphatic heterocycles. The van der Waals surface area contributed by atoms with E-state index in [4.69, 9.17) is 9.47 Å². The molecule has 1 atom stereocenters. The van der Waals surface area contributed by atoms with Gasteiger partial charge in [0.15, 0.2) is 0 Å². The van der Waals surface area contributed by atoms with Crippen LogP contribution in [0, 0.1) is 12.7 Å². The average Bonchev–Trinajstić information content (AvgIpc) is 3.01. The van der Waals surface area contributed by atoms with Gasteiger partial charge in [0.2, 0.25) is 0 Å². The fourth-order valence-corrected chi connectivity index (χ4v) is 3.86. The number of aliphatic hydroxyl groups is 1. The molecule has 0 aromatic heterocycles. The van der Waals surface area contributed by atoms with Gasteiger partial charge in [-0.3, -0.25) is 9.59 Å². The third-order valence-electron chi connectivity index (χ3n) is 5.31. The molecule has 0 bridgehead atoms. The van der Waals surface area contributed by atoms with Gasteiger partial charge in [-0.15, -0.1) is 0 Å². The molecule has 32 heavy (non-hydrogen) atoms. The van der Waals surface area contributed by atoms with Crippen LogP contribution in [0.4, 0.5) is 4.39 Å². The summed E-state index contributed by atoms with van der Waals surface area (Å²) < 4.78 is 24.8. The molecular formula is C25H28FNO5. The summed E-state index contributed by atoms with van der Waals surface area (Å²) in [5.74, 6) is -2.39. The van der Waals surface area contributed by atoms with Gasteiger partial charge in [-0.2, -0.15) is 0 Å². The van der Waals surface area contributed by atoms with Crippen molar-refractivity contribution in [3.05, 3.63) is 70.5 Å². The van der Waals surface area contributed by atoms with Crippen LogP contribution >= 0.6 is 0 Å². The van der Waals surface area contributed by atoms with Gasteiger partial charge >= 0.3 is 0 Å². The monoisotopic (exact) mass is 441 g/mol. The zero-order valence-electron chi connectivity index (χ0n) is 18.7. The normalized spacial score (nSPS) is 17.9. The van der Waals surface area contributed by atoms with Crippen molar-refractivity contribution in [2.75, 3.05) is 20.3 Å². The number of amides is 1. The SMILES string of the molecule is COc1ccc(F)cc1/C(O)=C1\C(=O)C(=O)N(CCCOC(C)C)C1c1cccc(C)c1. The second-order valence-electron chi connectivity index (χ2n) is 8.02. The molecule has 1 fully saturated rings. The van der Waals surface area contributed by atoms with Gasteiger partial charge in [0.25, 0.3) is 11.7 Å². The van der Waals surface area contributed by atoms with Gasteiger partial charge in [0.1, 0.15) is 17.3 Å². The topological polar surface area (TPSA) is 76.1 Å². The summed E-state index contributed by atoms with van der Waals surface area (Å²) in [6.07, 6.45) is 0.579.